The first-order valence-corrected chi connectivity index (χ1v) is 6.32. The second-order valence-electron chi connectivity index (χ2n) is 4.63. The molecular weight excluding hydrogens is 220 g/mol. The lowest BCUT2D eigenvalue weighted by Crippen LogP contribution is -2.33. The molecule has 0 aromatic heterocycles. The van der Waals surface area contributed by atoms with Crippen molar-refractivity contribution >= 4 is 11.9 Å². The van der Waals surface area contributed by atoms with Gasteiger partial charge in [0, 0.05) is 38.5 Å². The second kappa shape index (κ2) is 7.27. The molecule has 1 aliphatic heterocycles. The van der Waals surface area contributed by atoms with E-state index in [1.165, 1.54) is 0 Å². The zero-order valence-corrected chi connectivity index (χ0v) is 10.4. The molecule has 0 aliphatic carbocycles. The Morgan fingerprint density at radius 1 is 1.29 bits per heavy atom. The van der Waals surface area contributed by atoms with E-state index in [2.05, 4.69) is 5.32 Å². The minimum atomic E-state index is -0.771. The summed E-state index contributed by atoms with van der Waals surface area (Å²) in [7, 11) is 0. The third-order valence-corrected chi connectivity index (χ3v) is 3.08. The van der Waals surface area contributed by atoms with E-state index in [-0.39, 0.29) is 18.4 Å². The summed E-state index contributed by atoms with van der Waals surface area (Å²) in [6.07, 6.45) is 3.53. The molecule has 1 unspecified atom stereocenters. The lowest BCUT2D eigenvalue weighted by molar-refractivity contribution is -0.137. The fraction of sp³-hybridized carbons (Fsp3) is 0.833. The molecule has 2 N–H and O–H groups in total. The summed E-state index contributed by atoms with van der Waals surface area (Å²) in [5, 5.41) is 11.7. The normalized spacial score (nSPS) is 17.1. The van der Waals surface area contributed by atoms with Gasteiger partial charge in [0.05, 0.1) is 0 Å². The van der Waals surface area contributed by atoms with Crippen LogP contribution in [0.25, 0.3) is 0 Å². The van der Waals surface area contributed by atoms with Crippen molar-refractivity contribution in [1.82, 2.24) is 10.2 Å². The number of hydrogen-bond acceptors (Lipinski definition) is 3. The third kappa shape index (κ3) is 5.68. The summed E-state index contributed by atoms with van der Waals surface area (Å²) in [4.78, 5) is 24.0. The summed E-state index contributed by atoms with van der Waals surface area (Å²) in [6, 6.07) is 0.150. The maximum atomic E-state index is 11.7. The van der Waals surface area contributed by atoms with Crippen molar-refractivity contribution in [3.8, 4) is 0 Å². The Hall–Kier alpha value is -1.10. The molecule has 1 heterocycles. The molecule has 0 spiro atoms. The van der Waals surface area contributed by atoms with Gasteiger partial charge in [-0.2, -0.15) is 0 Å². The third-order valence-electron chi connectivity index (χ3n) is 3.08. The number of rotatable bonds is 7. The molecule has 5 nitrogen and oxygen atoms in total. The summed E-state index contributed by atoms with van der Waals surface area (Å²) < 4.78 is 0. The highest BCUT2D eigenvalue weighted by molar-refractivity contribution is 5.76. The number of carbonyl (C=O) groups is 2. The van der Waals surface area contributed by atoms with Crippen LogP contribution < -0.4 is 5.32 Å². The van der Waals surface area contributed by atoms with Gasteiger partial charge < -0.3 is 15.3 Å². The first kappa shape index (κ1) is 14.0. The highest BCUT2D eigenvalue weighted by Crippen LogP contribution is 2.08. The van der Waals surface area contributed by atoms with Crippen LogP contribution in [0, 0.1) is 0 Å². The number of carboxylic acids is 1. The van der Waals surface area contributed by atoms with Crippen molar-refractivity contribution < 1.29 is 14.7 Å². The van der Waals surface area contributed by atoms with Crippen LogP contribution >= 0.6 is 0 Å². The number of aliphatic carboxylic acids is 1. The molecule has 98 valence electrons. The fourth-order valence-corrected chi connectivity index (χ4v) is 1.99. The second-order valence-corrected chi connectivity index (χ2v) is 4.63. The van der Waals surface area contributed by atoms with Crippen molar-refractivity contribution in [2.24, 2.45) is 0 Å². The van der Waals surface area contributed by atoms with E-state index in [4.69, 9.17) is 5.11 Å². The smallest absolute Gasteiger partial charge is 0.303 e. The molecular formula is C12H22N2O3. The van der Waals surface area contributed by atoms with Crippen LogP contribution in [0.15, 0.2) is 0 Å². The zero-order chi connectivity index (χ0) is 12.7. The summed E-state index contributed by atoms with van der Waals surface area (Å²) in [5.74, 6) is -0.563. The number of nitrogens with zero attached hydrogens (tertiary/aromatic N) is 1. The maximum Gasteiger partial charge on any atom is 0.303 e. The fourth-order valence-electron chi connectivity index (χ4n) is 1.99. The Morgan fingerprint density at radius 3 is 2.53 bits per heavy atom. The van der Waals surface area contributed by atoms with Crippen LogP contribution in [-0.4, -0.2) is 47.6 Å². The predicted molar refractivity (Wildman–Crippen MR) is 64.8 cm³/mol. The van der Waals surface area contributed by atoms with E-state index in [1.807, 2.05) is 11.8 Å². The average molecular weight is 242 g/mol. The van der Waals surface area contributed by atoms with Crippen molar-refractivity contribution in [1.29, 1.82) is 0 Å². The van der Waals surface area contributed by atoms with Gasteiger partial charge in [0.15, 0.2) is 0 Å². The van der Waals surface area contributed by atoms with Crippen molar-refractivity contribution in [2.75, 3.05) is 19.6 Å². The number of carboxylic acid groups (broad SMARTS) is 1. The number of carbonyl (C=O) groups excluding carboxylic acids is 1. The van der Waals surface area contributed by atoms with Gasteiger partial charge in [-0.05, 0) is 26.2 Å². The SMILES string of the molecule is CC(CCC(=O)O)NCCC(=O)N1CCCC1. The standard InChI is InChI=1S/C12H22N2O3/c1-10(4-5-12(16)17)13-7-6-11(15)14-8-2-3-9-14/h10,13H,2-9H2,1H3,(H,16,17). The first-order valence-electron chi connectivity index (χ1n) is 6.32. The molecule has 0 bridgehead atoms. The van der Waals surface area contributed by atoms with Crippen LogP contribution in [0.4, 0.5) is 0 Å². The summed E-state index contributed by atoms with van der Waals surface area (Å²) in [5.41, 5.74) is 0. The Labute approximate surface area is 102 Å². The maximum absolute atomic E-state index is 11.7. The number of amides is 1. The molecule has 0 saturated carbocycles. The average Bonchev–Trinajstić information content (AvgIpc) is 2.79. The quantitative estimate of drug-likeness (QED) is 0.694. The van der Waals surface area contributed by atoms with Crippen molar-refractivity contribution in [3.05, 3.63) is 0 Å². The highest BCUT2D eigenvalue weighted by atomic mass is 16.4. The molecule has 0 aromatic rings. The van der Waals surface area contributed by atoms with E-state index in [9.17, 15) is 9.59 Å². The van der Waals surface area contributed by atoms with Gasteiger partial charge in [0.25, 0.3) is 0 Å². The minimum Gasteiger partial charge on any atom is -0.481 e. The lowest BCUT2D eigenvalue weighted by Gasteiger charge is -2.17. The van der Waals surface area contributed by atoms with Crippen LogP contribution in [0.5, 0.6) is 0 Å². The summed E-state index contributed by atoms with van der Waals surface area (Å²) >= 11 is 0. The van der Waals surface area contributed by atoms with Crippen molar-refractivity contribution in [3.63, 3.8) is 0 Å². The van der Waals surface area contributed by atoms with Crippen LogP contribution in [0.1, 0.15) is 39.0 Å². The Bertz CT molecular complexity index is 262. The molecule has 0 radical (unpaired) electrons. The molecule has 1 fully saturated rings. The van der Waals surface area contributed by atoms with E-state index in [0.29, 0.717) is 19.4 Å². The number of likely N-dealkylation sites (tertiary alicyclic amines) is 1. The van der Waals surface area contributed by atoms with E-state index < -0.39 is 5.97 Å². The van der Waals surface area contributed by atoms with Gasteiger partial charge >= 0.3 is 5.97 Å². The Kier molecular flexibility index (Phi) is 5.97. The molecule has 1 saturated heterocycles. The molecule has 1 rings (SSSR count). The van der Waals surface area contributed by atoms with Crippen LogP contribution in [-0.2, 0) is 9.59 Å². The van der Waals surface area contributed by atoms with Gasteiger partial charge in [-0.3, -0.25) is 9.59 Å². The highest BCUT2D eigenvalue weighted by Gasteiger charge is 2.17. The summed E-state index contributed by atoms with van der Waals surface area (Å²) in [6.45, 7) is 4.38. The molecule has 0 aromatic carbocycles. The molecule has 17 heavy (non-hydrogen) atoms. The van der Waals surface area contributed by atoms with E-state index >= 15 is 0 Å². The Balaban J connectivity index is 2.06. The topological polar surface area (TPSA) is 69.6 Å². The largest absolute Gasteiger partial charge is 0.481 e. The van der Waals surface area contributed by atoms with Gasteiger partial charge in [-0.15, -0.1) is 0 Å². The first-order chi connectivity index (χ1) is 8.09. The van der Waals surface area contributed by atoms with E-state index in [0.717, 1.165) is 25.9 Å². The van der Waals surface area contributed by atoms with E-state index in [1.54, 1.807) is 0 Å². The number of nitrogens with one attached hydrogen (secondary N) is 1. The van der Waals surface area contributed by atoms with Crippen LogP contribution in [0.2, 0.25) is 0 Å². The van der Waals surface area contributed by atoms with Gasteiger partial charge in [-0.25, -0.2) is 0 Å². The molecule has 1 aliphatic rings. The monoisotopic (exact) mass is 242 g/mol. The van der Waals surface area contributed by atoms with Gasteiger partial charge in [0.1, 0.15) is 0 Å². The lowest BCUT2D eigenvalue weighted by atomic mass is 10.2. The molecule has 1 atom stereocenters. The minimum absolute atomic E-state index is 0.150. The Morgan fingerprint density at radius 2 is 1.94 bits per heavy atom. The predicted octanol–water partition coefficient (Wildman–Crippen LogP) is 0.842. The molecule has 5 heteroatoms. The van der Waals surface area contributed by atoms with Crippen LogP contribution in [0.3, 0.4) is 0 Å². The molecule has 1 amide bonds. The van der Waals surface area contributed by atoms with Gasteiger partial charge in [-0.1, -0.05) is 0 Å². The number of hydrogen-bond donors (Lipinski definition) is 2. The zero-order valence-electron chi connectivity index (χ0n) is 10.4. The van der Waals surface area contributed by atoms with Gasteiger partial charge in [0.2, 0.25) is 5.91 Å². The van der Waals surface area contributed by atoms with Crippen molar-refractivity contribution in [2.45, 2.75) is 45.1 Å².